The van der Waals surface area contributed by atoms with Crippen LogP contribution in [0.1, 0.15) is 15.9 Å². The number of carbonyl (C=O) groups is 1. The van der Waals surface area contributed by atoms with Crippen molar-refractivity contribution in [3.05, 3.63) is 35.1 Å². The minimum Gasteiger partial charge on any atom is -0.389 e. The molecule has 2 heterocycles. The molecule has 2 aliphatic rings. The molecule has 0 saturated carbocycles. The van der Waals surface area contributed by atoms with Gasteiger partial charge in [0.2, 0.25) is 0 Å². The van der Waals surface area contributed by atoms with Crippen molar-refractivity contribution in [2.45, 2.75) is 19.1 Å². The van der Waals surface area contributed by atoms with Crippen LogP contribution in [0.2, 0.25) is 0 Å². The van der Waals surface area contributed by atoms with Crippen LogP contribution < -0.4 is 0 Å². The first-order valence-electron chi connectivity index (χ1n) is 7.61. The van der Waals surface area contributed by atoms with Crippen molar-refractivity contribution in [1.29, 1.82) is 0 Å². The first kappa shape index (κ1) is 15.4. The highest BCUT2D eigenvalue weighted by Gasteiger charge is 2.34. The standard InChI is InChI=1S/C16H21FN2O3/c1-11-2-3-12(8-13(11)17)16(21)19-6-4-18(5-7-19)14-9-22-10-15(14)20/h2-3,8,14-15,20H,4-7,9-10H2,1H3/t14-,15-/m1/s1. The van der Waals surface area contributed by atoms with Crippen LogP contribution in [-0.4, -0.2) is 72.4 Å². The van der Waals surface area contributed by atoms with Crippen molar-refractivity contribution in [2.75, 3.05) is 39.4 Å². The fourth-order valence-electron chi connectivity index (χ4n) is 3.05. The van der Waals surface area contributed by atoms with Crippen molar-refractivity contribution in [3.8, 4) is 0 Å². The van der Waals surface area contributed by atoms with Crippen LogP contribution in [0.5, 0.6) is 0 Å². The number of hydrogen-bond acceptors (Lipinski definition) is 4. The Labute approximate surface area is 129 Å². The fourth-order valence-corrected chi connectivity index (χ4v) is 3.05. The number of aliphatic hydroxyl groups excluding tert-OH is 1. The first-order valence-corrected chi connectivity index (χ1v) is 7.61. The third-order valence-corrected chi connectivity index (χ3v) is 4.51. The Hall–Kier alpha value is -1.50. The molecule has 0 aromatic heterocycles. The molecule has 0 radical (unpaired) electrons. The van der Waals surface area contributed by atoms with Gasteiger partial charge in [-0.05, 0) is 24.6 Å². The van der Waals surface area contributed by atoms with Gasteiger partial charge in [-0.1, -0.05) is 6.07 Å². The topological polar surface area (TPSA) is 53.0 Å². The smallest absolute Gasteiger partial charge is 0.254 e. The molecular weight excluding hydrogens is 287 g/mol. The average molecular weight is 308 g/mol. The van der Waals surface area contributed by atoms with Gasteiger partial charge in [-0.2, -0.15) is 0 Å². The second-order valence-corrected chi connectivity index (χ2v) is 5.96. The predicted molar refractivity (Wildman–Crippen MR) is 79.2 cm³/mol. The van der Waals surface area contributed by atoms with Gasteiger partial charge in [-0.15, -0.1) is 0 Å². The van der Waals surface area contributed by atoms with Crippen LogP contribution in [0.15, 0.2) is 18.2 Å². The second-order valence-electron chi connectivity index (χ2n) is 5.96. The van der Waals surface area contributed by atoms with Crippen LogP contribution in [0.3, 0.4) is 0 Å². The maximum atomic E-state index is 13.6. The van der Waals surface area contributed by atoms with E-state index in [9.17, 15) is 14.3 Å². The zero-order valence-corrected chi connectivity index (χ0v) is 12.7. The normalized spacial score (nSPS) is 26.4. The zero-order chi connectivity index (χ0) is 15.7. The third-order valence-electron chi connectivity index (χ3n) is 4.51. The van der Waals surface area contributed by atoms with Gasteiger partial charge in [0.15, 0.2) is 0 Å². The van der Waals surface area contributed by atoms with E-state index in [2.05, 4.69) is 4.90 Å². The summed E-state index contributed by atoms with van der Waals surface area (Å²) >= 11 is 0. The van der Waals surface area contributed by atoms with E-state index < -0.39 is 6.10 Å². The fraction of sp³-hybridized carbons (Fsp3) is 0.562. The average Bonchev–Trinajstić information content (AvgIpc) is 2.95. The monoisotopic (exact) mass is 308 g/mol. The Bertz CT molecular complexity index is 558. The molecule has 6 heteroatoms. The summed E-state index contributed by atoms with van der Waals surface area (Å²) < 4.78 is 18.9. The van der Waals surface area contributed by atoms with E-state index in [0.29, 0.717) is 50.5 Å². The molecule has 0 aliphatic carbocycles. The summed E-state index contributed by atoms with van der Waals surface area (Å²) in [6.07, 6.45) is -0.451. The van der Waals surface area contributed by atoms with E-state index in [4.69, 9.17) is 4.74 Å². The number of hydrogen-bond donors (Lipinski definition) is 1. The van der Waals surface area contributed by atoms with E-state index in [1.807, 2.05) is 0 Å². The number of benzene rings is 1. The van der Waals surface area contributed by atoms with Crippen molar-refractivity contribution < 1.29 is 19.0 Å². The van der Waals surface area contributed by atoms with E-state index >= 15 is 0 Å². The van der Waals surface area contributed by atoms with Gasteiger partial charge in [-0.3, -0.25) is 9.69 Å². The molecule has 120 valence electrons. The molecule has 1 aromatic carbocycles. The number of halogens is 1. The van der Waals surface area contributed by atoms with Gasteiger partial charge in [0.25, 0.3) is 5.91 Å². The van der Waals surface area contributed by atoms with Gasteiger partial charge in [0, 0.05) is 31.7 Å². The van der Waals surface area contributed by atoms with Crippen molar-refractivity contribution in [3.63, 3.8) is 0 Å². The Kier molecular flexibility index (Phi) is 4.42. The zero-order valence-electron chi connectivity index (χ0n) is 12.7. The number of aliphatic hydroxyl groups is 1. The number of rotatable bonds is 2. The first-order chi connectivity index (χ1) is 10.6. The molecule has 1 N–H and O–H groups in total. The molecule has 2 saturated heterocycles. The maximum absolute atomic E-state index is 13.6. The maximum Gasteiger partial charge on any atom is 0.254 e. The molecule has 0 unspecified atom stereocenters. The van der Waals surface area contributed by atoms with Crippen LogP contribution in [-0.2, 0) is 4.74 Å². The van der Waals surface area contributed by atoms with Crippen LogP contribution in [0.25, 0.3) is 0 Å². The number of piperazine rings is 1. The molecule has 0 bridgehead atoms. The summed E-state index contributed by atoms with van der Waals surface area (Å²) in [6, 6.07) is 4.62. The summed E-state index contributed by atoms with van der Waals surface area (Å²) in [4.78, 5) is 16.3. The van der Waals surface area contributed by atoms with Gasteiger partial charge in [0.1, 0.15) is 5.82 Å². The predicted octanol–water partition coefficient (Wildman–Crippen LogP) is 0.652. The Morgan fingerprint density at radius 3 is 2.59 bits per heavy atom. The molecule has 1 aromatic rings. The van der Waals surface area contributed by atoms with E-state index in [0.717, 1.165) is 0 Å². The van der Waals surface area contributed by atoms with Gasteiger partial charge >= 0.3 is 0 Å². The molecule has 5 nitrogen and oxygen atoms in total. The minimum atomic E-state index is -0.451. The molecule has 2 fully saturated rings. The van der Waals surface area contributed by atoms with Crippen molar-refractivity contribution in [2.24, 2.45) is 0 Å². The molecule has 22 heavy (non-hydrogen) atoms. The second kappa shape index (κ2) is 6.32. The molecular formula is C16H21FN2O3. The van der Waals surface area contributed by atoms with E-state index in [1.165, 1.54) is 6.07 Å². The lowest BCUT2D eigenvalue weighted by atomic mass is 10.1. The third kappa shape index (κ3) is 2.99. The Morgan fingerprint density at radius 1 is 1.27 bits per heavy atom. The summed E-state index contributed by atoms with van der Waals surface area (Å²) in [5, 5.41) is 9.86. The number of nitrogens with zero attached hydrogens (tertiary/aromatic N) is 2. The minimum absolute atomic E-state index is 0.0223. The van der Waals surface area contributed by atoms with Crippen molar-refractivity contribution in [1.82, 2.24) is 9.80 Å². The van der Waals surface area contributed by atoms with E-state index in [-0.39, 0.29) is 17.8 Å². The van der Waals surface area contributed by atoms with Crippen LogP contribution in [0.4, 0.5) is 4.39 Å². The van der Waals surface area contributed by atoms with Crippen LogP contribution in [0, 0.1) is 12.7 Å². The Morgan fingerprint density at radius 2 is 2.00 bits per heavy atom. The molecule has 0 spiro atoms. The highest BCUT2D eigenvalue weighted by molar-refractivity contribution is 5.94. The molecule has 1 amide bonds. The molecule has 2 atom stereocenters. The number of ether oxygens (including phenoxy) is 1. The quantitative estimate of drug-likeness (QED) is 0.872. The molecule has 3 rings (SSSR count). The van der Waals surface area contributed by atoms with Gasteiger partial charge < -0.3 is 14.7 Å². The lowest BCUT2D eigenvalue weighted by Gasteiger charge is -2.38. The lowest BCUT2D eigenvalue weighted by Crippen LogP contribution is -2.54. The summed E-state index contributed by atoms with van der Waals surface area (Å²) in [5.74, 6) is -0.488. The Balaban J connectivity index is 1.61. The summed E-state index contributed by atoms with van der Waals surface area (Å²) in [5.41, 5.74) is 0.928. The largest absolute Gasteiger partial charge is 0.389 e. The summed E-state index contributed by atoms with van der Waals surface area (Å²) in [7, 11) is 0. The van der Waals surface area contributed by atoms with Gasteiger partial charge in [0.05, 0.1) is 25.4 Å². The molecule has 2 aliphatic heterocycles. The lowest BCUT2D eigenvalue weighted by molar-refractivity contribution is 0.0375. The van der Waals surface area contributed by atoms with Crippen molar-refractivity contribution >= 4 is 5.91 Å². The van der Waals surface area contributed by atoms with E-state index in [1.54, 1.807) is 24.0 Å². The van der Waals surface area contributed by atoms with Gasteiger partial charge in [-0.25, -0.2) is 4.39 Å². The highest BCUT2D eigenvalue weighted by atomic mass is 19.1. The number of aryl methyl sites for hydroxylation is 1. The highest BCUT2D eigenvalue weighted by Crippen LogP contribution is 2.17. The van der Waals surface area contributed by atoms with Crippen LogP contribution >= 0.6 is 0 Å². The number of carbonyl (C=O) groups excluding carboxylic acids is 1. The number of amides is 1. The SMILES string of the molecule is Cc1ccc(C(=O)N2CCN([C@@H]3COC[C@H]3O)CC2)cc1F. The summed E-state index contributed by atoms with van der Waals surface area (Å²) in [6.45, 7) is 5.16.